The third-order valence-electron chi connectivity index (χ3n) is 6.97. The average molecular weight is 369 g/mol. The Balaban J connectivity index is 1.26. The van der Waals surface area contributed by atoms with Crippen LogP contribution in [0.15, 0.2) is 24.3 Å². The molecule has 4 heteroatoms. The maximum Gasteiger partial charge on any atom is 0.230 e. The highest BCUT2D eigenvalue weighted by Gasteiger charge is 2.53. The van der Waals surface area contributed by atoms with E-state index in [2.05, 4.69) is 18.3 Å². The molecule has 1 unspecified atom stereocenters. The fourth-order valence-electron chi connectivity index (χ4n) is 6.08. The first-order valence-corrected chi connectivity index (χ1v) is 11.1. The van der Waals surface area contributed by atoms with E-state index in [0.29, 0.717) is 22.8 Å². The second kappa shape index (κ2) is 7.27. The highest BCUT2D eigenvalue weighted by Crippen LogP contribution is 2.61. The summed E-state index contributed by atoms with van der Waals surface area (Å²) < 4.78 is 0. The molecule has 5 rings (SSSR count). The second-order valence-corrected chi connectivity index (χ2v) is 9.86. The number of nitriles is 1. The van der Waals surface area contributed by atoms with Gasteiger partial charge in [-0.25, -0.2) is 0 Å². The summed E-state index contributed by atoms with van der Waals surface area (Å²) in [5, 5.41) is 12.2. The van der Waals surface area contributed by atoms with Gasteiger partial charge in [0.25, 0.3) is 0 Å². The van der Waals surface area contributed by atoms with Crippen LogP contribution in [0.5, 0.6) is 0 Å². The molecule has 0 heterocycles. The SMILES string of the molecule is CC(NC(=O)CSCc1ccc(C#N)cc1)C12CC3CC(CC(C3)C1)C2. The first kappa shape index (κ1) is 17.9. The molecule has 138 valence electrons. The molecule has 1 aromatic carbocycles. The van der Waals surface area contributed by atoms with Crippen molar-refractivity contribution in [3.05, 3.63) is 35.4 Å². The van der Waals surface area contributed by atoms with Crippen molar-refractivity contribution >= 4 is 17.7 Å². The minimum absolute atomic E-state index is 0.173. The van der Waals surface area contributed by atoms with Crippen LogP contribution in [0.2, 0.25) is 0 Å². The van der Waals surface area contributed by atoms with E-state index < -0.39 is 0 Å². The van der Waals surface area contributed by atoms with Crippen molar-refractivity contribution in [3.63, 3.8) is 0 Å². The molecule has 1 amide bonds. The Morgan fingerprint density at radius 3 is 2.31 bits per heavy atom. The van der Waals surface area contributed by atoms with Crippen molar-refractivity contribution in [2.75, 3.05) is 5.75 Å². The molecule has 1 atom stereocenters. The number of nitrogens with zero attached hydrogens (tertiary/aromatic N) is 1. The summed E-state index contributed by atoms with van der Waals surface area (Å²) in [7, 11) is 0. The van der Waals surface area contributed by atoms with Crippen molar-refractivity contribution < 1.29 is 4.79 Å². The Morgan fingerprint density at radius 2 is 1.77 bits per heavy atom. The van der Waals surface area contributed by atoms with E-state index in [9.17, 15) is 4.79 Å². The van der Waals surface area contributed by atoms with E-state index in [1.807, 2.05) is 24.3 Å². The van der Waals surface area contributed by atoms with E-state index in [-0.39, 0.29) is 5.91 Å². The third-order valence-corrected chi connectivity index (χ3v) is 7.97. The van der Waals surface area contributed by atoms with Gasteiger partial charge in [0.05, 0.1) is 17.4 Å². The van der Waals surface area contributed by atoms with Gasteiger partial charge in [-0.1, -0.05) is 12.1 Å². The highest BCUT2D eigenvalue weighted by atomic mass is 32.2. The number of carbonyl (C=O) groups excluding carboxylic acids is 1. The Hall–Kier alpha value is -1.47. The summed E-state index contributed by atoms with van der Waals surface area (Å²) >= 11 is 1.65. The molecule has 4 fully saturated rings. The lowest BCUT2D eigenvalue weighted by Gasteiger charge is -2.59. The molecule has 0 aromatic heterocycles. The van der Waals surface area contributed by atoms with Gasteiger partial charge in [0.2, 0.25) is 5.91 Å². The average Bonchev–Trinajstić information content (AvgIpc) is 2.61. The maximum atomic E-state index is 12.5. The number of benzene rings is 1. The van der Waals surface area contributed by atoms with Gasteiger partial charge in [-0.2, -0.15) is 5.26 Å². The number of carbonyl (C=O) groups is 1. The highest BCUT2D eigenvalue weighted by molar-refractivity contribution is 7.99. The zero-order chi connectivity index (χ0) is 18.1. The number of thioether (sulfide) groups is 1. The van der Waals surface area contributed by atoms with Crippen molar-refractivity contribution in [2.45, 2.75) is 57.2 Å². The topological polar surface area (TPSA) is 52.9 Å². The Bertz CT molecular complexity index is 671. The van der Waals surface area contributed by atoms with Gasteiger partial charge < -0.3 is 5.32 Å². The predicted octanol–water partition coefficient (Wildman–Crippen LogP) is 4.51. The summed E-state index contributed by atoms with van der Waals surface area (Å²) in [6.07, 6.45) is 8.33. The second-order valence-electron chi connectivity index (χ2n) is 8.87. The largest absolute Gasteiger partial charge is 0.352 e. The summed E-state index contributed by atoms with van der Waals surface area (Å²) in [4.78, 5) is 12.5. The molecule has 0 radical (unpaired) electrons. The monoisotopic (exact) mass is 368 g/mol. The van der Waals surface area contributed by atoms with E-state index in [1.54, 1.807) is 11.8 Å². The van der Waals surface area contributed by atoms with Crippen LogP contribution in [-0.4, -0.2) is 17.7 Å². The number of amides is 1. The van der Waals surface area contributed by atoms with E-state index in [1.165, 1.54) is 38.5 Å². The van der Waals surface area contributed by atoms with Crippen molar-refractivity contribution in [2.24, 2.45) is 23.2 Å². The fourth-order valence-corrected chi connectivity index (χ4v) is 6.88. The van der Waals surface area contributed by atoms with Crippen LogP contribution in [0, 0.1) is 34.5 Å². The summed E-state index contributed by atoms with van der Waals surface area (Å²) in [6.45, 7) is 2.25. The summed E-state index contributed by atoms with van der Waals surface area (Å²) in [6, 6.07) is 10.1. The Kier molecular flexibility index (Phi) is 5.01. The predicted molar refractivity (Wildman–Crippen MR) is 106 cm³/mol. The van der Waals surface area contributed by atoms with Crippen LogP contribution < -0.4 is 5.32 Å². The quantitative estimate of drug-likeness (QED) is 0.803. The van der Waals surface area contributed by atoms with E-state index >= 15 is 0 Å². The fraction of sp³-hybridized carbons (Fsp3) is 0.636. The number of hydrogen-bond donors (Lipinski definition) is 1. The molecule has 0 saturated heterocycles. The number of rotatable bonds is 6. The third kappa shape index (κ3) is 3.64. The molecule has 3 nitrogen and oxygen atoms in total. The molecule has 1 N–H and O–H groups in total. The maximum absolute atomic E-state index is 12.5. The first-order valence-electron chi connectivity index (χ1n) is 9.92. The first-order chi connectivity index (χ1) is 12.6. The van der Waals surface area contributed by atoms with Crippen LogP contribution in [0.3, 0.4) is 0 Å². The molecule has 4 saturated carbocycles. The van der Waals surface area contributed by atoms with Crippen LogP contribution in [0.1, 0.15) is 56.6 Å². The number of nitrogens with one attached hydrogen (secondary N) is 1. The normalized spacial score (nSPS) is 32.8. The molecule has 0 spiro atoms. The van der Waals surface area contributed by atoms with Crippen LogP contribution in [-0.2, 0) is 10.5 Å². The Morgan fingerprint density at radius 1 is 1.19 bits per heavy atom. The van der Waals surface area contributed by atoms with Gasteiger partial charge in [0.15, 0.2) is 0 Å². The molecule has 4 aliphatic rings. The molecular formula is C22H28N2OS. The van der Waals surface area contributed by atoms with Crippen molar-refractivity contribution in [1.29, 1.82) is 5.26 Å². The van der Waals surface area contributed by atoms with Gasteiger partial charge in [0.1, 0.15) is 0 Å². The van der Waals surface area contributed by atoms with Crippen molar-refractivity contribution in [1.82, 2.24) is 5.32 Å². The molecule has 0 aliphatic heterocycles. The van der Waals surface area contributed by atoms with Gasteiger partial charge in [-0.15, -0.1) is 11.8 Å². The van der Waals surface area contributed by atoms with Gasteiger partial charge in [0, 0.05) is 11.8 Å². The van der Waals surface area contributed by atoms with E-state index in [4.69, 9.17) is 5.26 Å². The standard InChI is InChI=1S/C22H28N2OS/c1-15(22-9-18-6-19(10-22)8-20(7-18)11-22)24-21(25)14-26-13-17-4-2-16(12-23)3-5-17/h2-5,15,18-20H,6-11,13-14H2,1H3,(H,24,25). The lowest BCUT2D eigenvalue weighted by Crippen LogP contribution is -2.56. The van der Waals surface area contributed by atoms with Crippen LogP contribution >= 0.6 is 11.8 Å². The molecule has 1 aromatic rings. The Labute approximate surface area is 160 Å². The summed E-state index contributed by atoms with van der Waals surface area (Å²) in [5.41, 5.74) is 2.22. The minimum Gasteiger partial charge on any atom is -0.352 e. The van der Waals surface area contributed by atoms with Gasteiger partial charge in [-0.3, -0.25) is 4.79 Å². The molecular weight excluding hydrogens is 340 g/mol. The zero-order valence-electron chi connectivity index (χ0n) is 15.5. The van der Waals surface area contributed by atoms with Gasteiger partial charge >= 0.3 is 0 Å². The molecule has 26 heavy (non-hydrogen) atoms. The smallest absolute Gasteiger partial charge is 0.230 e. The molecule has 4 bridgehead atoms. The zero-order valence-corrected chi connectivity index (χ0v) is 16.4. The minimum atomic E-state index is 0.173. The lowest BCUT2D eigenvalue weighted by atomic mass is 9.48. The van der Waals surface area contributed by atoms with E-state index in [0.717, 1.165) is 29.1 Å². The molecule has 4 aliphatic carbocycles. The lowest BCUT2D eigenvalue weighted by molar-refractivity contribution is -0.123. The summed E-state index contributed by atoms with van der Waals surface area (Å²) in [5.74, 6) is 4.26. The van der Waals surface area contributed by atoms with Crippen LogP contribution in [0.4, 0.5) is 0 Å². The van der Waals surface area contributed by atoms with Gasteiger partial charge in [-0.05, 0) is 86.3 Å². The van der Waals surface area contributed by atoms with Crippen molar-refractivity contribution in [3.8, 4) is 6.07 Å². The van der Waals surface area contributed by atoms with Crippen LogP contribution in [0.25, 0.3) is 0 Å². The number of hydrogen-bond acceptors (Lipinski definition) is 3.